The van der Waals surface area contributed by atoms with Crippen molar-refractivity contribution in [1.29, 1.82) is 0 Å². The molecule has 0 radical (unpaired) electrons. The lowest BCUT2D eigenvalue weighted by atomic mass is 10.1. The second-order valence-corrected chi connectivity index (χ2v) is 8.51. The largest absolute Gasteiger partial charge is 0.349 e. The van der Waals surface area contributed by atoms with E-state index < -0.39 is 0 Å². The first kappa shape index (κ1) is 22.0. The summed E-state index contributed by atoms with van der Waals surface area (Å²) in [6.45, 7) is 0.513. The number of nitrogens with zero attached hydrogens (tertiary/aromatic N) is 1. The summed E-state index contributed by atoms with van der Waals surface area (Å²) in [7, 11) is 0. The maximum atomic E-state index is 12.6. The molecule has 3 N–H and O–H groups in total. The number of para-hydroxylation sites is 1. The van der Waals surface area contributed by atoms with Gasteiger partial charge in [-0.2, -0.15) is 0 Å². The van der Waals surface area contributed by atoms with Crippen LogP contribution in [0.4, 0.5) is 5.69 Å². The first-order chi connectivity index (χ1) is 15.5. The standard InChI is InChI=1S/C24H26N4O3S/c29-21(25-18-8-6-7-16(15-18)22(30)26-17-12-13-17)11-2-1-5-14-28-23(31)19-9-3-4-10-20(19)27-24(28)32/h3-4,6-10,15,17H,1-2,5,11-14H2,(H,25,29)(H,26,30)(H,27,32). The average Bonchev–Trinajstić information content (AvgIpc) is 3.59. The molecule has 0 spiro atoms. The number of aromatic amines is 1. The molecule has 1 saturated carbocycles. The Hall–Kier alpha value is -3.26. The van der Waals surface area contributed by atoms with Gasteiger partial charge in [0.1, 0.15) is 0 Å². The Kier molecular flexibility index (Phi) is 6.80. The molecule has 8 heteroatoms. The summed E-state index contributed by atoms with van der Waals surface area (Å²) in [6.07, 6.45) is 4.68. The number of fused-ring (bicyclic) bond motifs is 1. The number of benzene rings is 2. The molecule has 1 aliphatic rings. The predicted octanol–water partition coefficient (Wildman–Crippen LogP) is 4.15. The molecule has 0 saturated heterocycles. The second kappa shape index (κ2) is 9.91. The van der Waals surface area contributed by atoms with Gasteiger partial charge in [0.05, 0.1) is 10.9 Å². The Labute approximate surface area is 190 Å². The van der Waals surface area contributed by atoms with Gasteiger partial charge < -0.3 is 15.6 Å². The fourth-order valence-corrected chi connectivity index (χ4v) is 3.88. The summed E-state index contributed by atoms with van der Waals surface area (Å²) in [5.41, 5.74) is 1.82. The molecule has 2 aromatic carbocycles. The van der Waals surface area contributed by atoms with Crippen LogP contribution in [0.1, 0.15) is 48.9 Å². The Morgan fingerprint density at radius 1 is 1.06 bits per heavy atom. The number of anilines is 1. The van der Waals surface area contributed by atoms with Crippen molar-refractivity contribution in [2.24, 2.45) is 0 Å². The highest BCUT2D eigenvalue weighted by molar-refractivity contribution is 7.71. The van der Waals surface area contributed by atoms with Crippen molar-refractivity contribution in [3.63, 3.8) is 0 Å². The zero-order valence-corrected chi connectivity index (χ0v) is 18.5. The van der Waals surface area contributed by atoms with Crippen LogP contribution in [0.15, 0.2) is 53.3 Å². The van der Waals surface area contributed by atoms with Crippen LogP contribution in [0.2, 0.25) is 0 Å². The third-order valence-corrected chi connectivity index (χ3v) is 5.82. The highest BCUT2D eigenvalue weighted by atomic mass is 32.1. The summed E-state index contributed by atoms with van der Waals surface area (Å²) in [4.78, 5) is 40.2. The van der Waals surface area contributed by atoms with Crippen LogP contribution in [-0.4, -0.2) is 27.4 Å². The van der Waals surface area contributed by atoms with Crippen molar-refractivity contribution < 1.29 is 9.59 Å². The molecule has 0 bridgehead atoms. The zero-order valence-electron chi connectivity index (χ0n) is 17.7. The van der Waals surface area contributed by atoms with E-state index in [4.69, 9.17) is 12.2 Å². The van der Waals surface area contributed by atoms with Gasteiger partial charge in [-0.3, -0.25) is 19.0 Å². The lowest BCUT2D eigenvalue weighted by molar-refractivity contribution is -0.116. The molecule has 2 amide bonds. The van der Waals surface area contributed by atoms with Crippen molar-refractivity contribution in [1.82, 2.24) is 14.9 Å². The summed E-state index contributed by atoms with van der Waals surface area (Å²) in [5, 5.41) is 6.42. The molecule has 1 aromatic heterocycles. The maximum Gasteiger partial charge on any atom is 0.262 e. The van der Waals surface area contributed by atoms with E-state index in [-0.39, 0.29) is 17.4 Å². The zero-order chi connectivity index (χ0) is 22.5. The smallest absolute Gasteiger partial charge is 0.262 e. The van der Waals surface area contributed by atoms with Gasteiger partial charge in [0.25, 0.3) is 11.5 Å². The average molecular weight is 451 g/mol. The third kappa shape index (κ3) is 5.50. The normalized spacial score (nSPS) is 13.1. The topological polar surface area (TPSA) is 96.0 Å². The lowest BCUT2D eigenvalue weighted by Crippen LogP contribution is -2.25. The molecule has 0 atom stereocenters. The number of carbonyl (C=O) groups excluding carboxylic acids is 2. The lowest BCUT2D eigenvalue weighted by Gasteiger charge is -2.09. The van der Waals surface area contributed by atoms with Crippen LogP contribution in [0.25, 0.3) is 10.9 Å². The van der Waals surface area contributed by atoms with Crippen molar-refractivity contribution in [3.05, 3.63) is 69.2 Å². The maximum absolute atomic E-state index is 12.6. The van der Waals surface area contributed by atoms with E-state index >= 15 is 0 Å². The molecule has 0 aliphatic heterocycles. The SMILES string of the molecule is O=C(CCCCCn1c(=S)[nH]c2ccccc2c1=O)Nc1cccc(C(=O)NC2CC2)c1. The number of rotatable bonds is 9. The summed E-state index contributed by atoms with van der Waals surface area (Å²) in [6, 6.07) is 14.6. The summed E-state index contributed by atoms with van der Waals surface area (Å²) in [5.74, 6) is -0.198. The van der Waals surface area contributed by atoms with E-state index in [1.165, 1.54) is 0 Å². The second-order valence-electron chi connectivity index (χ2n) is 8.12. The number of hydrogen-bond acceptors (Lipinski definition) is 4. The Morgan fingerprint density at radius 3 is 2.69 bits per heavy atom. The molecule has 166 valence electrons. The van der Waals surface area contributed by atoms with Crippen LogP contribution in [0.3, 0.4) is 0 Å². The monoisotopic (exact) mass is 450 g/mol. The van der Waals surface area contributed by atoms with Gasteiger partial charge in [-0.25, -0.2) is 0 Å². The fraction of sp³-hybridized carbons (Fsp3) is 0.333. The third-order valence-electron chi connectivity index (χ3n) is 5.50. The minimum atomic E-state index is -0.106. The van der Waals surface area contributed by atoms with E-state index in [0.29, 0.717) is 46.8 Å². The van der Waals surface area contributed by atoms with Crippen molar-refractivity contribution in [3.8, 4) is 0 Å². The first-order valence-corrected chi connectivity index (χ1v) is 11.3. The highest BCUT2D eigenvalue weighted by Crippen LogP contribution is 2.20. The first-order valence-electron chi connectivity index (χ1n) is 10.9. The van der Waals surface area contributed by atoms with Crippen molar-refractivity contribution in [2.45, 2.75) is 51.1 Å². The molecule has 1 heterocycles. The van der Waals surface area contributed by atoms with E-state index in [9.17, 15) is 14.4 Å². The van der Waals surface area contributed by atoms with Crippen LogP contribution in [0.5, 0.6) is 0 Å². The molecule has 1 fully saturated rings. The van der Waals surface area contributed by atoms with Gasteiger partial charge in [-0.15, -0.1) is 0 Å². The predicted molar refractivity (Wildman–Crippen MR) is 127 cm³/mol. The van der Waals surface area contributed by atoms with Crippen molar-refractivity contribution >= 4 is 40.6 Å². The molecule has 3 aromatic rings. The molecule has 0 unspecified atom stereocenters. The Morgan fingerprint density at radius 2 is 1.88 bits per heavy atom. The number of carbonyl (C=O) groups is 2. The molecular weight excluding hydrogens is 424 g/mol. The number of aromatic nitrogens is 2. The number of amides is 2. The van der Waals surface area contributed by atoms with E-state index in [1.54, 1.807) is 34.9 Å². The van der Waals surface area contributed by atoms with E-state index in [1.807, 2.05) is 18.2 Å². The van der Waals surface area contributed by atoms with E-state index in [2.05, 4.69) is 15.6 Å². The van der Waals surface area contributed by atoms with Gasteiger partial charge >= 0.3 is 0 Å². The molecule has 32 heavy (non-hydrogen) atoms. The molecule has 7 nitrogen and oxygen atoms in total. The number of nitrogens with one attached hydrogen (secondary N) is 3. The highest BCUT2D eigenvalue weighted by Gasteiger charge is 2.23. The fourth-order valence-electron chi connectivity index (χ4n) is 3.59. The Balaban J connectivity index is 1.24. The van der Waals surface area contributed by atoms with Crippen LogP contribution in [0, 0.1) is 4.77 Å². The van der Waals surface area contributed by atoms with E-state index in [0.717, 1.165) is 31.2 Å². The van der Waals surface area contributed by atoms with Gasteiger partial charge in [0.15, 0.2) is 4.77 Å². The minimum absolute atomic E-state index is 0.0901. The van der Waals surface area contributed by atoms with Gasteiger partial charge in [0.2, 0.25) is 5.91 Å². The van der Waals surface area contributed by atoms with Crippen LogP contribution >= 0.6 is 12.2 Å². The Bertz CT molecular complexity index is 1260. The molecule has 1 aliphatic carbocycles. The van der Waals surface area contributed by atoms with Gasteiger partial charge in [-0.1, -0.05) is 24.6 Å². The number of unbranched alkanes of at least 4 members (excludes halogenated alkanes) is 2. The summed E-state index contributed by atoms with van der Waals surface area (Å²) < 4.78 is 1.99. The quantitative estimate of drug-likeness (QED) is 0.337. The minimum Gasteiger partial charge on any atom is -0.349 e. The number of hydrogen-bond donors (Lipinski definition) is 3. The molecular formula is C24H26N4O3S. The molecule has 4 rings (SSSR count). The summed E-state index contributed by atoms with van der Waals surface area (Å²) >= 11 is 5.33. The van der Waals surface area contributed by atoms with Gasteiger partial charge in [0, 0.05) is 30.3 Å². The van der Waals surface area contributed by atoms with Crippen LogP contribution in [-0.2, 0) is 11.3 Å². The van der Waals surface area contributed by atoms with Crippen molar-refractivity contribution in [2.75, 3.05) is 5.32 Å². The van der Waals surface area contributed by atoms with Crippen LogP contribution < -0.4 is 16.2 Å². The van der Waals surface area contributed by atoms with Gasteiger partial charge in [-0.05, 0) is 68.2 Å². The number of H-pyrrole nitrogens is 1.